The van der Waals surface area contributed by atoms with Crippen molar-refractivity contribution in [2.75, 3.05) is 6.54 Å². The van der Waals surface area contributed by atoms with E-state index in [0.29, 0.717) is 5.56 Å². The predicted molar refractivity (Wildman–Crippen MR) is 81.5 cm³/mol. The van der Waals surface area contributed by atoms with Crippen LogP contribution in [0.15, 0.2) is 54.6 Å². The van der Waals surface area contributed by atoms with Crippen molar-refractivity contribution in [3.8, 4) is 5.75 Å². The molecular weight excluding hydrogens is 323 g/mol. The van der Waals surface area contributed by atoms with E-state index in [4.69, 9.17) is 0 Å². The molecule has 0 bridgehead atoms. The molecule has 0 unspecified atom stereocenters. The van der Waals surface area contributed by atoms with Crippen molar-refractivity contribution in [1.29, 1.82) is 0 Å². The molecule has 128 valence electrons. The van der Waals surface area contributed by atoms with Crippen LogP contribution in [0.2, 0.25) is 0 Å². The summed E-state index contributed by atoms with van der Waals surface area (Å²) in [5, 5.41) is 12.9. The van der Waals surface area contributed by atoms with Gasteiger partial charge in [-0.25, -0.2) is 0 Å². The van der Waals surface area contributed by atoms with Crippen LogP contribution >= 0.6 is 0 Å². The quantitative estimate of drug-likeness (QED) is 0.879. The molecular formula is C17H16F3NO3. The molecule has 7 heteroatoms. The molecule has 0 aromatic heterocycles. The van der Waals surface area contributed by atoms with Crippen molar-refractivity contribution in [3.63, 3.8) is 0 Å². The Bertz CT molecular complexity index is 682. The third kappa shape index (κ3) is 4.99. The Morgan fingerprint density at radius 3 is 2.21 bits per heavy atom. The molecule has 4 nitrogen and oxygen atoms in total. The van der Waals surface area contributed by atoms with Crippen LogP contribution in [-0.2, 0) is 5.60 Å². The van der Waals surface area contributed by atoms with Crippen LogP contribution < -0.4 is 10.1 Å². The first-order valence-electron chi connectivity index (χ1n) is 7.09. The smallest absolute Gasteiger partial charge is 0.406 e. The highest BCUT2D eigenvalue weighted by Gasteiger charge is 2.31. The maximum absolute atomic E-state index is 12.1. The lowest BCUT2D eigenvalue weighted by Gasteiger charge is -2.24. The fraction of sp³-hybridized carbons (Fsp3) is 0.235. The average molecular weight is 339 g/mol. The summed E-state index contributed by atoms with van der Waals surface area (Å²) in [6.45, 7) is 1.51. The highest BCUT2D eigenvalue weighted by molar-refractivity contribution is 5.94. The van der Waals surface area contributed by atoms with E-state index in [0.717, 1.165) is 12.1 Å². The fourth-order valence-electron chi connectivity index (χ4n) is 2.06. The molecule has 0 saturated carbocycles. The van der Waals surface area contributed by atoms with Crippen LogP contribution in [0.5, 0.6) is 5.75 Å². The van der Waals surface area contributed by atoms with Gasteiger partial charge in [0.1, 0.15) is 11.4 Å². The number of nitrogens with one attached hydrogen (secondary N) is 1. The Hall–Kier alpha value is -2.54. The lowest BCUT2D eigenvalue weighted by atomic mass is 9.96. The van der Waals surface area contributed by atoms with Crippen LogP contribution in [-0.4, -0.2) is 23.9 Å². The standard InChI is InChI=1S/C17H16F3NO3/c1-16(23,13-5-3-2-4-6-13)11-21-15(22)12-7-9-14(10-8-12)24-17(18,19)20/h2-10,23H,11H2,1H3,(H,21,22)/t16-/m0/s1. The number of rotatable bonds is 5. The summed E-state index contributed by atoms with van der Waals surface area (Å²) in [7, 11) is 0. The van der Waals surface area contributed by atoms with Crippen LogP contribution in [0.3, 0.4) is 0 Å². The molecule has 24 heavy (non-hydrogen) atoms. The largest absolute Gasteiger partial charge is 0.573 e. The van der Waals surface area contributed by atoms with Crippen LogP contribution in [0.4, 0.5) is 13.2 Å². The molecule has 0 saturated heterocycles. The van der Waals surface area contributed by atoms with Crippen LogP contribution in [0, 0.1) is 0 Å². The highest BCUT2D eigenvalue weighted by atomic mass is 19.4. The molecule has 1 atom stereocenters. The minimum atomic E-state index is -4.78. The second-order valence-corrected chi connectivity index (χ2v) is 5.39. The maximum atomic E-state index is 12.1. The first kappa shape index (κ1) is 17.8. The van der Waals surface area contributed by atoms with Gasteiger partial charge in [0.15, 0.2) is 0 Å². The lowest BCUT2D eigenvalue weighted by molar-refractivity contribution is -0.274. The van der Waals surface area contributed by atoms with Gasteiger partial charge in [0.25, 0.3) is 5.91 Å². The number of alkyl halides is 3. The predicted octanol–water partition coefficient (Wildman–Crippen LogP) is 3.22. The number of hydrogen-bond donors (Lipinski definition) is 2. The van der Waals surface area contributed by atoms with Gasteiger partial charge in [-0.05, 0) is 36.8 Å². The van der Waals surface area contributed by atoms with Crippen molar-refractivity contribution in [3.05, 3.63) is 65.7 Å². The molecule has 0 fully saturated rings. The van der Waals surface area contributed by atoms with E-state index in [1.54, 1.807) is 31.2 Å². The summed E-state index contributed by atoms with van der Waals surface area (Å²) in [4.78, 5) is 12.0. The molecule has 2 aromatic rings. The molecule has 2 rings (SSSR count). The summed E-state index contributed by atoms with van der Waals surface area (Å²) in [6, 6.07) is 13.3. The summed E-state index contributed by atoms with van der Waals surface area (Å²) in [5.74, 6) is -0.917. The summed E-state index contributed by atoms with van der Waals surface area (Å²) in [6.07, 6.45) is -4.78. The second kappa shape index (κ2) is 6.92. The zero-order valence-electron chi connectivity index (χ0n) is 12.8. The molecule has 2 aromatic carbocycles. The summed E-state index contributed by atoms with van der Waals surface area (Å²) in [5.41, 5.74) is -0.469. The molecule has 1 amide bonds. The van der Waals surface area contributed by atoms with E-state index in [9.17, 15) is 23.1 Å². The van der Waals surface area contributed by atoms with E-state index in [2.05, 4.69) is 10.1 Å². The first-order valence-corrected chi connectivity index (χ1v) is 7.09. The number of hydrogen-bond acceptors (Lipinski definition) is 3. The number of ether oxygens (including phenoxy) is 1. The van der Waals surface area contributed by atoms with Crippen molar-refractivity contribution in [2.45, 2.75) is 18.9 Å². The zero-order valence-corrected chi connectivity index (χ0v) is 12.8. The third-order valence-corrected chi connectivity index (χ3v) is 3.34. The van der Waals surface area contributed by atoms with E-state index in [-0.39, 0.29) is 12.1 Å². The molecule has 0 spiro atoms. The molecule has 0 aliphatic carbocycles. The Morgan fingerprint density at radius 2 is 1.67 bits per heavy atom. The topological polar surface area (TPSA) is 58.6 Å². The van der Waals surface area contributed by atoms with Gasteiger partial charge in [0.05, 0.1) is 6.54 Å². The van der Waals surface area contributed by atoms with Crippen molar-refractivity contribution in [2.24, 2.45) is 0 Å². The minimum Gasteiger partial charge on any atom is -0.406 e. The monoisotopic (exact) mass is 339 g/mol. The van der Waals surface area contributed by atoms with E-state index < -0.39 is 23.6 Å². The van der Waals surface area contributed by atoms with Crippen molar-refractivity contribution in [1.82, 2.24) is 5.32 Å². The van der Waals surface area contributed by atoms with Gasteiger partial charge in [0, 0.05) is 5.56 Å². The third-order valence-electron chi connectivity index (χ3n) is 3.34. The van der Waals surface area contributed by atoms with E-state index in [1.165, 1.54) is 12.1 Å². The Labute approximate surface area is 136 Å². The number of amides is 1. The van der Waals surface area contributed by atoms with Crippen LogP contribution in [0.1, 0.15) is 22.8 Å². The molecule has 0 radical (unpaired) electrons. The maximum Gasteiger partial charge on any atom is 0.573 e. The molecule has 2 N–H and O–H groups in total. The number of benzene rings is 2. The van der Waals surface area contributed by atoms with Gasteiger partial charge >= 0.3 is 6.36 Å². The fourth-order valence-corrected chi connectivity index (χ4v) is 2.06. The Balaban J connectivity index is 1.97. The zero-order chi connectivity index (χ0) is 17.8. The van der Waals surface area contributed by atoms with Gasteiger partial charge < -0.3 is 15.2 Å². The van der Waals surface area contributed by atoms with Gasteiger partial charge in [-0.15, -0.1) is 13.2 Å². The normalized spacial score (nSPS) is 13.9. The number of carbonyl (C=O) groups is 1. The molecule has 0 aliphatic heterocycles. The Morgan fingerprint density at radius 1 is 1.08 bits per heavy atom. The molecule has 0 heterocycles. The van der Waals surface area contributed by atoms with E-state index >= 15 is 0 Å². The number of halogens is 3. The molecule has 0 aliphatic rings. The summed E-state index contributed by atoms with van der Waals surface area (Å²) >= 11 is 0. The SMILES string of the molecule is C[C@](O)(CNC(=O)c1ccc(OC(F)(F)F)cc1)c1ccccc1. The average Bonchev–Trinajstić information content (AvgIpc) is 2.53. The van der Waals surface area contributed by atoms with Gasteiger partial charge in [0.2, 0.25) is 0 Å². The van der Waals surface area contributed by atoms with Crippen molar-refractivity contribution >= 4 is 5.91 Å². The first-order chi connectivity index (χ1) is 11.2. The number of aliphatic hydroxyl groups is 1. The van der Waals surface area contributed by atoms with Gasteiger partial charge in [-0.3, -0.25) is 4.79 Å². The lowest BCUT2D eigenvalue weighted by Crippen LogP contribution is -2.38. The van der Waals surface area contributed by atoms with E-state index in [1.807, 2.05) is 6.07 Å². The Kier molecular flexibility index (Phi) is 5.14. The second-order valence-electron chi connectivity index (χ2n) is 5.39. The minimum absolute atomic E-state index is 0.0450. The highest BCUT2D eigenvalue weighted by Crippen LogP contribution is 2.23. The van der Waals surface area contributed by atoms with Crippen LogP contribution in [0.25, 0.3) is 0 Å². The van der Waals surface area contributed by atoms with Gasteiger partial charge in [-0.2, -0.15) is 0 Å². The summed E-state index contributed by atoms with van der Waals surface area (Å²) < 4.78 is 40.0. The van der Waals surface area contributed by atoms with Crippen molar-refractivity contribution < 1.29 is 27.8 Å². The van der Waals surface area contributed by atoms with Gasteiger partial charge in [-0.1, -0.05) is 30.3 Å². The number of carbonyl (C=O) groups excluding carboxylic acids is 1.